The summed E-state index contributed by atoms with van der Waals surface area (Å²) in [6.45, 7) is 2.05. The van der Waals surface area contributed by atoms with Crippen LogP contribution < -0.4 is 10.2 Å². The van der Waals surface area contributed by atoms with Gasteiger partial charge in [0.25, 0.3) is 5.91 Å². The lowest BCUT2D eigenvalue weighted by Gasteiger charge is -2.16. The zero-order valence-corrected chi connectivity index (χ0v) is 22.6. The van der Waals surface area contributed by atoms with E-state index in [4.69, 9.17) is 16.3 Å². The summed E-state index contributed by atoms with van der Waals surface area (Å²) < 4.78 is 50.2. The van der Waals surface area contributed by atoms with Crippen molar-refractivity contribution in [2.45, 2.75) is 25.9 Å². The molecule has 40 heavy (non-hydrogen) atoms. The Morgan fingerprint density at radius 2 is 1.73 bits per heavy atom. The Morgan fingerprint density at radius 3 is 2.33 bits per heavy atom. The second-order valence-electron chi connectivity index (χ2n) is 8.91. The number of aromatic nitrogens is 4. The highest BCUT2D eigenvalue weighted by atomic mass is 35.5. The van der Waals surface area contributed by atoms with Crippen LogP contribution in [0.3, 0.4) is 0 Å². The van der Waals surface area contributed by atoms with E-state index in [-0.39, 0.29) is 29.8 Å². The number of amides is 1. The number of halogens is 4. The topological polar surface area (TPSA) is 94.3 Å². The summed E-state index contributed by atoms with van der Waals surface area (Å²) in [6.07, 6.45) is -2.75. The molecule has 0 radical (unpaired) electrons. The molecule has 0 saturated carbocycles. The van der Waals surface area contributed by atoms with Gasteiger partial charge in [-0.2, -0.15) is 23.3 Å². The molecule has 0 atom stereocenters. The number of imidazole rings is 1. The number of hydrogen-bond acceptors (Lipinski definition) is 6. The van der Waals surface area contributed by atoms with Gasteiger partial charge in [0.1, 0.15) is 0 Å². The van der Waals surface area contributed by atoms with Crippen LogP contribution in [0.15, 0.2) is 60.8 Å². The van der Waals surface area contributed by atoms with Gasteiger partial charge in [-0.1, -0.05) is 43.1 Å². The number of hydrogen-bond donors (Lipinski definition) is 1. The molecule has 0 aliphatic rings. The van der Waals surface area contributed by atoms with Gasteiger partial charge < -0.3 is 15.0 Å². The molecule has 0 saturated heterocycles. The number of unbranched alkanes of at least 4 members (excludes halogenated alkanes) is 1. The van der Waals surface area contributed by atoms with Gasteiger partial charge in [0, 0.05) is 24.8 Å². The summed E-state index contributed by atoms with van der Waals surface area (Å²) >= 11 is 5.87. The first-order chi connectivity index (χ1) is 19.0. The summed E-state index contributed by atoms with van der Waals surface area (Å²) in [5.41, 5.74) is -1.60. The Morgan fingerprint density at radius 1 is 1.05 bits per heavy atom. The minimum absolute atomic E-state index is 0.0548. The molecule has 0 aliphatic carbocycles. The van der Waals surface area contributed by atoms with Crippen molar-refractivity contribution in [3.8, 4) is 11.4 Å². The smallest absolute Gasteiger partial charge is 0.434 e. The third-order valence-corrected chi connectivity index (χ3v) is 6.04. The Balaban J connectivity index is 1.81. The van der Waals surface area contributed by atoms with E-state index in [1.807, 2.05) is 6.92 Å². The maximum atomic E-state index is 14.2. The molecule has 0 spiro atoms. The first-order valence-corrected chi connectivity index (χ1v) is 12.7. The van der Waals surface area contributed by atoms with Crippen LogP contribution in [0.4, 0.5) is 24.9 Å². The van der Waals surface area contributed by atoms with Crippen molar-refractivity contribution in [1.82, 2.24) is 19.3 Å². The van der Waals surface area contributed by atoms with Crippen LogP contribution in [0.2, 0.25) is 5.02 Å². The van der Waals surface area contributed by atoms with Crippen molar-refractivity contribution in [3.05, 3.63) is 82.8 Å². The van der Waals surface area contributed by atoms with E-state index in [1.54, 1.807) is 49.3 Å². The lowest BCUT2D eigenvalue weighted by molar-refractivity contribution is -0.143. The van der Waals surface area contributed by atoms with Crippen LogP contribution in [0.1, 0.15) is 46.3 Å². The summed E-state index contributed by atoms with van der Waals surface area (Å²) in [5.74, 6) is -1.96. The molecule has 4 aromatic rings. The summed E-state index contributed by atoms with van der Waals surface area (Å²) in [6, 6.07) is 14.3. The van der Waals surface area contributed by atoms with E-state index in [0.29, 0.717) is 21.8 Å². The molecular formula is C27H26ClF3N6O3. The first kappa shape index (κ1) is 28.7. The summed E-state index contributed by atoms with van der Waals surface area (Å²) in [7, 11) is 3.36. The SMILES string of the molecule is CCCCOC(=O)c1c(NC(=O)c2cnn(-c3ccc(Cl)cc3)c2C(F)(F)F)nc(N(C)C)n1-c1ccccc1. The molecule has 1 amide bonds. The molecule has 0 aliphatic heterocycles. The second-order valence-corrected chi connectivity index (χ2v) is 9.35. The van der Waals surface area contributed by atoms with Crippen LogP contribution >= 0.6 is 11.6 Å². The molecular weight excluding hydrogens is 549 g/mol. The lowest BCUT2D eigenvalue weighted by atomic mass is 10.2. The molecule has 2 aromatic carbocycles. The predicted octanol–water partition coefficient (Wildman–Crippen LogP) is 6.01. The maximum absolute atomic E-state index is 14.2. The molecule has 210 valence electrons. The van der Waals surface area contributed by atoms with Gasteiger partial charge in [0.2, 0.25) is 5.95 Å². The standard InChI is InChI=1S/C27H26ClF3N6O3/c1-4-5-15-40-25(39)21-23(34-26(35(2)3)36(21)18-9-7-6-8-10-18)33-24(38)20-16-32-37(22(20)27(29,30)31)19-13-11-17(28)12-14-19/h6-14,16H,4-5,15H2,1-3H3,(H,33,38). The number of esters is 1. The number of rotatable bonds is 9. The molecule has 2 aromatic heterocycles. The first-order valence-electron chi connectivity index (χ1n) is 12.3. The number of alkyl halides is 3. The molecule has 0 fully saturated rings. The van der Waals surface area contributed by atoms with Crippen LogP contribution in [-0.2, 0) is 10.9 Å². The van der Waals surface area contributed by atoms with Gasteiger partial charge in [-0.3, -0.25) is 9.36 Å². The number of nitrogens with one attached hydrogen (secondary N) is 1. The zero-order valence-electron chi connectivity index (χ0n) is 21.9. The maximum Gasteiger partial charge on any atom is 0.434 e. The van der Waals surface area contributed by atoms with Gasteiger partial charge in [0.05, 0.1) is 24.1 Å². The van der Waals surface area contributed by atoms with E-state index in [1.165, 1.54) is 28.8 Å². The van der Waals surface area contributed by atoms with Crippen LogP contribution in [0.5, 0.6) is 0 Å². The highest BCUT2D eigenvalue weighted by molar-refractivity contribution is 6.30. The largest absolute Gasteiger partial charge is 0.461 e. The minimum atomic E-state index is -4.94. The van der Waals surface area contributed by atoms with E-state index < -0.39 is 29.3 Å². The van der Waals surface area contributed by atoms with Gasteiger partial charge in [-0.25, -0.2) is 9.48 Å². The third-order valence-electron chi connectivity index (χ3n) is 5.78. The Hall–Kier alpha value is -4.32. The number of carbonyl (C=O) groups is 2. The van der Waals surface area contributed by atoms with Crippen molar-refractivity contribution >= 4 is 35.2 Å². The van der Waals surface area contributed by atoms with Gasteiger partial charge >= 0.3 is 12.1 Å². The van der Waals surface area contributed by atoms with Crippen molar-refractivity contribution in [1.29, 1.82) is 0 Å². The monoisotopic (exact) mass is 574 g/mol. The van der Waals surface area contributed by atoms with Crippen molar-refractivity contribution in [3.63, 3.8) is 0 Å². The van der Waals surface area contributed by atoms with Crippen LogP contribution in [0, 0.1) is 0 Å². The molecule has 4 rings (SSSR count). The van der Waals surface area contributed by atoms with Gasteiger partial charge in [0.15, 0.2) is 17.2 Å². The fourth-order valence-corrected chi connectivity index (χ4v) is 4.05. The predicted molar refractivity (Wildman–Crippen MR) is 145 cm³/mol. The molecule has 2 heterocycles. The van der Waals surface area contributed by atoms with E-state index in [0.717, 1.165) is 12.6 Å². The third kappa shape index (κ3) is 5.96. The minimum Gasteiger partial charge on any atom is -0.461 e. The Labute approximate surface area is 233 Å². The number of ether oxygens (including phenoxy) is 1. The number of anilines is 2. The number of benzene rings is 2. The summed E-state index contributed by atoms with van der Waals surface area (Å²) in [4.78, 5) is 32.6. The highest BCUT2D eigenvalue weighted by Crippen LogP contribution is 2.35. The van der Waals surface area contributed by atoms with E-state index >= 15 is 0 Å². The van der Waals surface area contributed by atoms with E-state index in [9.17, 15) is 22.8 Å². The number of para-hydroxylation sites is 1. The van der Waals surface area contributed by atoms with Crippen molar-refractivity contribution in [2.24, 2.45) is 0 Å². The Bertz CT molecular complexity index is 1500. The highest BCUT2D eigenvalue weighted by Gasteiger charge is 2.41. The van der Waals surface area contributed by atoms with Crippen molar-refractivity contribution in [2.75, 3.05) is 30.9 Å². The quantitative estimate of drug-likeness (QED) is 0.194. The fourth-order valence-electron chi connectivity index (χ4n) is 3.92. The summed E-state index contributed by atoms with van der Waals surface area (Å²) in [5, 5.41) is 6.54. The van der Waals surface area contributed by atoms with Crippen LogP contribution in [0.25, 0.3) is 11.4 Å². The lowest BCUT2D eigenvalue weighted by Crippen LogP contribution is -2.22. The second kappa shape index (κ2) is 11.8. The van der Waals surface area contributed by atoms with Gasteiger partial charge in [-0.15, -0.1) is 0 Å². The molecule has 13 heteroatoms. The normalized spacial score (nSPS) is 11.4. The zero-order chi connectivity index (χ0) is 29.0. The fraction of sp³-hybridized carbons (Fsp3) is 0.259. The van der Waals surface area contributed by atoms with Crippen LogP contribution in [-0.4, -0.2) is 51.9 Å². The number of nitrogens with zero attached hydrogens (tertiary/aromatic N) is 5. The Kier molecular flexibility index (Phi) is 8.48. The van der Waals surface area contributed by atoms with E-state index in [2.05, 4.69) is 15.4 Å². The molecule has 0 unspecified atom stereocenters. The van der Waals surface area contributed by atoms with Crippen molar-refractivity contribution < 1.29 is 27.5 Å². The van der Waals surface area contributed by atoms with Gasteiger partial charge in [-0.05, 0) is 42.8 Å². The molecule has 1 N–H and O–H groups in total. The molecule has 0 bridgehead atoms. The average molecular weight is 575 g/mol. The average Bonchev–Trinajstić information content (AvgIpc) is 3.53. The molecule has 9 nitrogen and oxygen atoms in total. The number of carbonyl (C=O) groups excluding carboxylic acids is 2.